The molecule has 0 radical (unpaired) electrons. The van der Waals surface area contributed by atoms with E-state index >= 15 is 0 Å². The molecule has 0 amide bonds. The second kappa shape index (κ2) is 6.43. The van der Waals surface area contributed by atoms with Crippen molar-refractivity contribution in [1.82, 2.24) is 0 Å². The topological polar surface area (TPSA) is 52.0 Å². The second-order valence-electron chi connectivity index (χ2n) is 7.04. The predicted molar refractivity (Wildman–Crippen MR) is 121 cm³/mol. The lowest BCUT2D eigenvalue weighted by Crippen LogP contribution is -1.97. The van der Waals surface area contributed by atoms with E-state index in [1.54, 1.807) is 0 Å². The normalized spacial score (nSPS) is 11.1. The molecule has 0 aromatic heterocycles. The van der Waals surface area contributed by atoms with Crippen LogP contribution >= 0.6 is 0 Å². The van der Waals surface area contributed by atoms with Crippen LogP contribution in [0.25, 0.3) is 43.8 Å². The van der Waals surface area contributed by atoms with Crippen LogP contribution in [0.3, 0.4) is 0 Å². The number of fused-ring (bicyclic) bond motifs is 2. The van der Waals surface area contributed by atoms with Gasteiger partial charge in [-0.05, 0) is 22.3 Å². The predicted octanol–water partition coefficient (Wildman–Crippen LogP) is 6.49. The molecule has 0 saturated carbocycles. The van der Waals surface area contributed by atoms with E-state index in [9.17, 15) is 0 Å². The molecule has 0 heterocycles. The van der Waals surface area contributed by atoms with Crippen molar-refractivity contribution in [3.8, 4) is 22.3 Å². The first-order valence-corrected chi connectivity index (χ1v) is 9.38. The van der Waals surface area contributed by atoms with E-state index in [2.05, 4.69) is 60.7 Å². The highest BCUT2D eigenvalue weighted by Crippen LogP contribution is 2.41. The summed E-state index contributed by atoms with van der Waals surface area (Å²) in [7, 11) is 0. The van der Waals surface area contributed by atoms with Gasteiger partial charge in [-0.3, -0.25) is 0 Å². The SMILES string of the molecule is Nc1c2ccccc2c(N)c2c(-c3ccc(-c4ccccc4)cc3)cccc12. The van der Waals surface area contributed by atoms with Crippen molar-refractivity contribution in [2.75, 3.05) is 11.5 Å². The van der Waals surface area contributed by atoms with Gasteiger partial charge in [0.2, 0.25) is 0 Å². The van der Waals surface area contributed by atoms with Crippen molar-refractivity contribution in [2.24, 2.45) is 0 Å². The van der Waals surface area contributed by atoms with E-state index in [1.165, 1.54) is 11.1 Å². The Labute approximate surface area is 164 Å². The number of hydrogen-bond donors (Lipinski definition) is 2. The Kier molecular flexibility index (Phi) is 3.77. The lowest BCUT2D eigenvalue weighted by atomic mass is 9.92. The van der Waals surface area contributed by atoms with E-state index < -0.39 is 0 Å². The van der Waals surface area contributed by atoms with Gasteiger partial charge in [0.15, 0.2) is 0 Å². The maximum Gasteiger partial charge on any atom is 0.0481 e. The molecule has 2 heteroatoms. The van der Waals surface area contributed by atoms with E-state index in [1.807, 2.05) is 36.4 Å². The van der Waals surface area contributed by atoms with Crippen molar-refractivity contribution >= 4 is 32.9 Å². The third-order valence-corrected chi connectivity index (χ3v) is 5.43. The maximum atomic E-state index is 6.63. The summed E-state index contributed by atoms with van der Waals surface area (Å²) in [6.45, 7) is 0. The summed E-state index contributed by atoms with van der Waals surface area (Å²) in [6.07, 6.45) is 0. The zero-order valence-corrected chi connectivity index (χ0v) is 15.4. The van der Waals surface area contributed by atoms with Crippen LogP contribution in [0.5, 0.6) is 0 Å². The van der Waals surface area contributed by atoms with Gasteiger partial charge < -0.3 is 11.5 Å². The smallest absolute Gasteiger partial charge is 0.0481 e. The third kappa shape index (κ3) is 2.50. The molecular formula is C26H20N2. The number of anilines is 2. The molecule has 2 nitrogen and oxygen atoms in total. The molecule has 5 rings (SSSR count). The van der Waals surface area contributed by atoms with Crippen LogP contribution in [0, 0.1) is 0 Å². The number of nitrogens with two attached hydrogens (primary N) is 2. The Balaban J connectivity index is 1.73. The van der Waals surface area contributed by atoms with Crippen LogP contribution in [0.2, 0.25) is 0 Å². The first kappa shape index (κ1) is 16.4. The van der Waals surface area contributed by atoms with Crippen molar-refractivity contribution in [2.45, 2.75) is 0 Å². The fourth-order valence-corrected chi connectivity index (χ4v) is 4.01. The lowest BCUT2D eigenvalue weighted by Gasteiger charge is -2.15. The van der Waals surface area contributed by atoms with Gasteiger partial charge in [-0.25, -0.2) is 0 Å². The van der Waals surface area contributed by atoms with Crippen LogP contribution < -0.4 is 11.5 Å². The quantitative estimate of drug-likeness (QED) is 0.215. The molecular weight excluding hydrogens is 340 g/mol. The van der Waals surface area contributed by atoms with Crippen molar-refractivity contribution in [3.63, 3.8) is 0 Å². The van der Waals surface area contributed by atoms with Gasteiger partial charge in [0.25, 0.3) is 0 Å². The van der Waals surface area contributed by atoms with E-state index in [4.69, 9.17) is 11.5 Å². The zero-order chi connectivity index (χ0) is 19.1. The molecule has 134 valence electrons. The second-order valence-corrected chi connectivity index (χ2v) is 7.04. The number of nitrogen functional groups attached to an aromatic ring is 2. The van der Waals surface area contributed by atoms with Crippen LogP contribution in [0.1, 0.15) is 0 Å². The highest BCUT2D eigenvalue weighted by atomic mass is 14.6. The van der Waals surface area contributed by atoms with Crippen LogP contribution in [0.4, 0.5) is 11.4 Å². The molecule has 0 fully saturated rings. The van der Waals surface area contributed by atoms with E-state index in [-0.39, 0.29) is 0 Å². The summed E-state index contributed by atoms with van der Waals surface area (Å²) in [5.74, 6) is 0. The molecule has 4 N–H and O–H groups in total. The van der Waals surface area contributed by atoms with Gasteiger partial charge in [0.05, 0.1) is 0 Å². The number of hydrogen-bond acceptors (Lipinski definition) is 2. The standard InChI is InChI=1S/C26H20N2/c27-25-21-9-4-5-10-22(21)26(28)24-20(11-6-12-23(24)25)19-15-13-18(14-16-19)17-7-2-1-3-8-17/h1-16H,27-28H2. The molecule has 0 aliphatic heterocycles. The molecule has 0 aliphatic carbocycles. The first-order chi connectivity index (χ1) is 13.7. The number of rotatable bonds is 2. The minimum absolute atomic E-state index is 0.780. The summed E-state index contributed by atoms with van der Waals surface area (Å²) in [5, 5.41) is 4.02. The lowest BCUT2D eigenvalue weighted by molar-refractivity contribution is 1.60. The molecule has 28 heavy (non-hydrogen) atoms. The molecule has 0 bridgehead atoms. The summed E-state index contributed by atoms with van der Waals surface area (Å²) in [5.41, 5.74) is 19.3. The van der Waals surface area contributed by atoms with E-state index in [0.717, 1.165) is 44.0 Å². The molecule has 5 aromatic rings. The first-order valence-electron chi connectivity index (χ1n) is 9.38. The third-order valence-electron chi connectivity index (χ3n) is 5.43. The van der Waals surface area contributed by atoms with Gasteiger partial charge in [0.1, 0.15) is 0 Å². The molecule has 5 aromatic carbocycles. The molecule has 0 aliphatic rings. The van der Waals surface area contributed by atoms with Crippen LogP contribution in [0.15, 0.2) is 97.1 Å². The maximum absolute atomic E-state index is 6.63. The Bertz CT molecular complexity index is 1300. The minimum atomic E-state index is 0.780. The summed E-state index contributed by atoms with van der Waals surface area (Å²) >= 11 is 0. The summed E-state index contributed by atoms with van der Waals surface area (Å²) in [6, 6.07) is 33.3. The van der Waals surface area contributed by atoms with Gasteiger partial charge in [-0.15, -0.1) is 0 Å². The largest absolute Gasteiger partial charge is 0.398 e. The highest BCUT2D eigenvalue weighted by Gasteiger charge is 2.14. The number of benzene rings is 5. The molecule has 0 saturated heterocycles. The van der Waals surface area contributed by atoms with Crippen molar-refractivity contribution in [1.29, 1.82) is 0 Å². The average Bonchev–Trinajstić information content (AvgIpc) is 2.78. The zero-order valence-electron chi connectivity index (χ0n) is 15.4. The van der Waals surface area contributed by atoms with Gasteiger partial charge in [0, 0.05) is 32.9 Å². The van der Waals surface area contributed by atoms with Crippen LogP contribution in [-0.4, -0.2) is 0 Å². The average molecular weight is 360 g/mol. The fraction of sp³-hybridized carbons (Fsp3) is 0. The Morgan fingerprint density at radius 2 is 0.929 bits per heavy atom. The minimum Gasteiger partial charge on any atom is -0.398 e. The Morgan fingerprint density at radius 3 is 1.64 bits per heavy atom. The molecule has 0 atom stereocenters. The summed E-state index contributed by atoms with van der Waals surface area (Å²) in [4.78, 5) is 0. The van der Waals surface area contributed by atoms with Crippen molar-refractivity contribution < 1.29 is 0 Å². The van der Waals surface area contributed by atoms with Gasteiger partial charge in [-0.2, -0.15) is 0 Å². The highest BCUT2D eigenvalue weighted by molar-refractivity contribution is 6.22. The Morgan fingerprint density at radius 1 is 0.393 bits per heavy atom. The monoisotopic (exact) mass is 360 g/mol. The van der Waals surface area contributed by atoms with Crippen LogP contribution in [-0.2, 0) is 0 Å². The summed E-state index contributed by atoms with van der Waals surface area (Å²) < 4.78 is 0. The van der Waals surface area contributed by atoms with Crippen molar-refractivity contribution in [3.05, 3.63) is 97.1 Å². The van der Waals surface area contributed by atoms with Gasteiger partial charge in [-0.1, -0.05) is 97.1 Å². The fourth-order valence-electron chi connectivity index (χ4n) is 4.01. The molecule has 0 spiro atoms. The molecule has 0 unspecified atom stereocenters. The Hall–Kier alpha value is -3.78. The van der Waals surface area contributed by atoms with Gasteiger partial charge >= 0.3 is 0 Å². The van der Waals surface area contributed by atoms with E-state index in [0.29, 0.717) is 0 Å².